The fraction of sp³-hybridized carbons (Fsp3) is 0.475. The highest BCUT2D eigenvalue weighted by Gasteiger charge is 2.21. The zero-order valence-electron chi connectivity index (χ0n) is 32.8. The van der Waals surface area contributed by atoms with E-state index in [1.54, 1.807) is 12.1 Å². The average Bonchev–Trinajstić information content (AvgIpc) is 3.10. The Morgan fingerprint density at radius 2 is 1.58 bits per heavy atom. The van der Waals surface area contributed by atoms with Gasteiger partial charge in [0.25, 0.3) is 12.4 Å². The van der Waals surface area contributed by atoms with Gasteiger partial charge in [-0.15, -0.1) is 0 Å². The quantitative estimate of drug-likeness (QED) is 0.125. The van der Waals surface area contributed by atoms with Crippen LogP contribution < -0.4 is 16.4 Å². The van der Waals surface area contributed by atoms with Gasteiger partial charge in [0.15, 0.2) is 0 Å². The summed E-state index contributed by atoms with van der Waals surface area (Å²) in [5.41, 5.74) is 10.3. The second-order valence-corrected chi connectivity index (χ2v) is 14.7. The molecule has 0 saturated carbocycles. The van der Waals surface area contributed by atoms with Crippen molar-refractivity contribution < 1.29 is 27.5 Å². The van der Waals surface area contributed by atoms with Gasteiger partial charge in [0, 0.05) is 62.5 Å². The molecule has 55 heavy (non-hydrogen) atoms. The fourth-order valence-corrected chi connectivity index (χ4v) is 5.50. The molecular formula is C40H54F3N9O3. The van der Waals surface area contributed by atoms with Crippen LogP contribution in [0.1, 0.15) is 73.1 Å². The Morgan fingerprint density at radius 1 is 0.982 bits per heavy atom. The molecule has 298 valence electrons. The number of hydrogen-bond acceptors (Lipinski definition) is 11. The van der Waals surface area contributed by atoms with Crippen LogP contribution in [0, 0.1) is 24.2 Å². The number of nitrogens with one attached hydrogen (secondary N) is 3. The van der Waals surface area contributed by atoms with E-state index < -0.39 is 6.18 Å². The smallest absolute Gasteiger partial charge is 0.386 e. The topological polar surface area (TPSA) is 153 Å². The minimum absolute atomic E-state index is 0.0273. The van der Waals surface area contributed by atoms with E-state index >= 15 is 0 Å². The molecule has 3 aromatic rings. The first-order valence-corrected chi connectivity index (χ1v) is 18.1. The molecule has 3 heterocycles. The number of piperidine rings is 1. The van der Waals surface area contributed by atoms with Crippen LogP contribution in [0.5, 0.6) is 0 Å². The van der Waals surface area contributed by atoms with Crippen molar-refractivity contribution in [2.45, 2.75) is 71.8 Å². The molecule has 0 aliphatic carbocycles. The molecule has 2 fully saturated rings. The van der Waals surface area contributed by atoms with Gasteiger partial charge in [-0.3, -0.25) is 19.9 Å². The number of carbonyl (C=O) groups is 2. The van der Waals surface area contributed by atoms with E-state index in [1.165, 1.54) is 11.9 Å². The summed E-state index contributed by atoms with van der Waals surface area (Å²) >= 11 is 0. The number of piperazine rings is 1. The maximum absolute atomic E-state index is 13.1. The predicted octanol–water partition coefficient (Wildman–Crippen LogP) is 5.82. The molecule has 2 saturated heterocycles. The van der Waals surface area contributed by atoms with Gasteiger partial charge < -0.3 is 30.9 Å². The molecule has 0 bridgehead atoms. The number of likely N-dealkylation sites (N-methyl/N-ethyl adjacent to an activating group) is 1. The molecule has 0 spiro atoms. The second kappa shape index (κ2) is 20.6. The van der Waals surface area contributed by atoms with Crippen LogP contribution in [0.2, 0.25) is 0 Å². The summed E-state index contributed by atoms with van der Waals surface area (Å²) in [7, 11) is 4.27. The first-order valence-electron chi connectivity index (χ1n) is 18.1. The maximum Gasteiger partial charge on any atom is 0.386 e. The second-order valence-electron chi connectivity index (χ2n) is 14.7. The number of hydrogen-bond donors (Lipinski definition) is 4. The number of likely N-dealkylation sites (tertiary alicyclic amines) is 1. The third-order valence-electron chi connectivity index (χ3n) is 8.62. The van der Waals surface area contributed by atoms with Crippen molar-refractivity contribution >= 4 is 35.4 Å². The number of nitrogen functional groups attached to an aromatic ring is 1. The number of nitrogens with zero attached hydrogens (tertiary/aromatic N) is 5. The molecule has 0 atom stereocenters. The first kappa shape index (κ1) is 44.4. The standard InChI is InChI=1S/C33H41N9O.C5H10O2.C2H3F3/c1-23-4-7-26(33(43)39-27-9-5-24(6-10-27)21-42-18-16-41(3)17-19-42)20-25(23)8-11-29(34)30-31(35)36-22-37-32(30)38-28-12-14-40(2)15-13-28;1-5(2,3)7-4-6;1-2(3,4)5/h4-7,9-10,20,22,28,34H,12-19,21H2,1-3H3,(H,39,43)(H3,35,36,37,38);4H,1-3H3;1H3. The lowest BCUT2D eigenvalue weighted by Crippen LogP contribution is -2.43. The van der Waals surface area contributed by atoms with Gasteiger partial charge >= 0.3 is 6.18 Å². The van der Waals surface area contributed by atoms with Crippen molar-refractivity contribution in [1.82, 2.24) is 24.7 Å². The third kappa shape index (κ3) is 16.5. The lowest BCUT2D eigenvalue weighted by molar-refractivity contribution is -0.138. The van der Waals surface area contributed by atoms with E-state index in [-0.39, 0.29) is 36.0 Å². The molecule has 2 aliphatic rings. The van der Waals surface area contributed by atoms with Gasteiger partial charge in [-0.2, -0.15) is 13.2 Å². The zero-order valence-corrected chi connectivity index (χ0v) is 32.8. The number of ether oxygens (including phenoxy) is 1. The van der Waals surface area contributed by atoms with E-state index in [9.17, 15) is 22.8 Å². The predicted molar refractivity (Wildman–Crippen MR) is 211 cm³/mol. The number of aromatic nitrogens is 2. The van der Waals surface area contributed by atoms with Crippen molar-refractivity contribution in [3.63, 3.8) is 0 Å². The third-order valence-corrected chi connectivity index (χ3v) is 8.62. The van der Waals surface area contributed by atoms with Crippen LogP contribution in [0.4, 0.5) is 30.5 Å². The van der Waals surface area contributed by atoms with Crippen LogP contribution in [0.15, 0.2) is 48.8 Å². The van der Waals surface area contributed by atoms with Crippen LogP contribution >= 0.6 is 0 Å². The van der Waals surface area contributed by atoms with E-state index in [2.05, 4.69) is 78.1 Å². The first-order chi connectivity index (χ1) is 25.8. The number of aryl methyl sites for hydroxylation is 1. The van der Waals surface area contributed by atoms with Crippen molar-refractivity contribution in [1.29, 1.82) is 5.41 Å². The van der Waals surface area contributed by atoms with E-state index in [0.29, 0.717) is 29.0 Å². The van der Waals surface area contributed by atoms with Gasteiger partial charge in [0.1, 0.15) is 29.3 Å². The average molecular weight is 766 g/mol. The summed E-state index contributed by atoms with van der Waals surface area (Å²) in [6, 6.07) is 13.7. The Hall–Kier alpha value is -5.04. The molecule has 2 aromatic carbocycles. The summed E-state index contributed by atoms with van der Waals surface area (Å²) in [5, 5.41) is 15.2. The molecule has 1 aromatic heterocycles. The van der Waals surface area contributed by atoms with Crippen LogP contribution in [0.3, 0.4) is 0 Å². The minimum atomic E-state index is -4.00. The van der Waals surface area contributed by atoms with Crippen molar-refractivity contribution in [2.75, 3.05) is 69.7 Å². The Morgan fingerprint density at radius 3 is 2.15 bits per heavy atom. The molecule has 5 N–H and O–H groups in total. The number of nitrogens with two attached hydrogens (primary N) is 1. The largest absolute Gasteiger partial charge is 0.462 e. The van der Waals surface area contributed by atoms with Crippen molar-refractivity contribution in [3.05, 3.63) is 76.6 Å². The summed E-state index contributed by atoms with van der Waals surface area (Å²) in [5.74, 6) is 6.53. The Balaban J connectivity index is 0.000000587. The Kier molecular flexibility index (Phi) is 16.6. The number of anilines is 3. The van der Waals surface area contributed by atoms with Gasteiger partial charge in [-0.1, -0.05) is 24.1 Å². The molecule has 1 amide bonds. The normalized spacial score (nSPS) is 15.5. The summed E-state index contributed by atoms with van der Waals surface area (Å²) in [6.45, 7) is 15.2. The SMILES string of the molecule is CC(C)(C)OC=O.CC(F)(F)F.Cc1ccc(C(=O)Nc2ccc(CN3CCN(C)CC3)cc2)cc1C#CC(=N)c1c(N)ncnc1NC1CCN(C)CC1. The molecule has 2 aliphatic heterocycles. The highest BCUT2D eigenvalue weighted by molar-refractivity contribution is 6.16. The fourth-order valence-electron chi connectivity index (χ4n) is 5.50. The van der Waals surface area contributed by atoms with E-state index in [0.717, 1.165) is 69.9 Å². The molecule has 12 nitrogen and oxygen atoms in total. The van der Waals surface area contributed by atoms with Crippen LogP contribution in [0.25, 0.3) is 0 Å². The number of amides is 1. The van der Waals surface area contributed by atoms with Gasteiger partial charge in [-0.25, -0.2) is 9.97 Å². The molecule has 0 unspecified atom stereocenters. The summed E-state index contributed by atoms with van der Waals surface area (Å²) < 4.78 is 35.6. The number of rotatable bonds is 8. The maximum atomic E-state index is 13.1. The van der Waals surface area contributed by atoms with E-state index in [1.807, 2.05) is 45.9 Å². The number of halogens is 3. The van der Waals surface area contributed by atoms with E-state index in [4.69, 9.17) is 11.1 Å². The molecule has 0 radical (unpaired) electrons. The Bertz CT molecular complexity index is 1780. The highest BCUT2D eigenvalue weighted by Crippen LogP contribution is 2.22. The van der Waals surface area contributed by atoms with Gasteiger partial charge in [-0.05, 0) is 109 Å². The molecule has 15 heteroatoms. The van der Waals surface area contributed by atoms with Gasteiger partial charge in [0.2, 0.25) is 0 Å². The van der Waals surface area contributed by atoms with Crippen molar-refractivity contribution in [2.24, 2.45) is 0 Å². The highest BCUT2D eigenvalue weighted by atomic mass is 19.4. The molecular weight excluding hydrogens is 711 g/mol. The minimum Gasteiger partial charge on any atom is -0.462 e. The summed E-state index contributed by atoms with van der Waals surface area (Å²) in [4.78, 5) is 38.3. The number of carbonyl (C=O) groups excluding carboxylic acids is 2. The monoisotopic (exact) mass is 765 g/mol. The van der Waals surface area contributed by atoms with Crippen LogP contribution in [-0.2, 0) is 16.1 Å². The Labute approximate surface area is 322 Å². The number of benzene rings is 2. The zero-order chi connectivity index (χ0) is 40.8. The molecule has 5 rings (SSSR count). The van der Waals surface area contributed by atoms with Crippen molar-refractivity contribution in [3.8, 4) is 11.8 Å². The summed E-state index contributed by atoms with van der Waals surface area (Å²) in [6.07, 6.45) is -0.633. The van der Waals surface area contributed by atoms with Crippen LogP contribution in [-0.4, -0.2) is 114 Å². The lowest BCUT2D eigenvalue weighted by atomic mass is 10.0. The van der Waals surface area contributed by atoms with Gasteiger partial charge in [0.05, 0.1) is 5.56 Å². The lowest BCUT2D eigenvalue weighted by Gasteiger charge is -2.32. The number of alkyl halides is 3.